The van der Waals surface area contributed by atoms with E-state index in [2.05, 4.69) is 35.1 Å². The van der Waals surface area contributed by atoms with Crippen LogP contribution in [0.15, 0.2) is 30.3 Å². The van der Waals surface area contributed by atoms with Crippen molar-refractivity contribution in [2.24, 2.45) is 0 Å². The Morgan fingerprint density at radius 2 is 2.00 bits per heavy atom. The SMILES string of the molecule is Cc1cccc(-c2cc(C)nc(C3(C#N)COC3)n2)c1. The number of aryl methyl sites for hydroxylation is 2. The van der Waals surface area contributed by atoms with Gasteiger partial charge in [0.15, 0.2) is 11.2 Å². The summed E-state index contributed by atoms with van der Waals surface area (Å²) in [6.45, 7) is 4.73. The van der Waals surface area contributed by atoms with Gasteiger partial charge in [0.25, 0.3) is 0 Å². The van der Waals surface area contributed by atoms with Crippen LogP contribution in [-0.2, 0) is 10.2 Å². The van der Waals surface area contributed by atoms with Gasteiger partial charge in [0.1, 0.15) is 0 Å². The molecule has 3 rings (SSSR count). The van der Waals surface area contributed by atoms with Crippen LogP contribution in [0, 0.1) is 25.2 Å². The molecule has 0 aliphatic carbocycles. The molecular weight excluding hydrogens is 250 g/mol. The Kier molecular flexibility index (Phi) is 3.00. The first-order valence-electron chi connectivity index (χ1n) is 6.55. The third kappa shape index (κ3) is 2.06. The smallest absolute Gasteiger partial charge is 0.163 e. The first-order chi connectivity index (χ1) is 9.63. The van der Waals surface area contributed by atoms with Crippen molar-refractivity contribution >= 4 is 0 Å². The second-order valence-corrected chi connectivity index (χ2v) is 5.27. The van der Waals surface area contributed by atoms with E-state index in [1.807, 2.05) is 25.1 Å². The Morgan fingerprint density at radius 3 is 2.60 bits per heavy atom. The second-order valence-electron chi connectivity index (χ2n) is 5.27. The number of ether oxygens (including phenoxy) is 1. The summed E-state index contributed by atoms with van der Waals surface area (Å²) in [7, 11) is 0. The maximum absolute atomic E-state index is 9.38. The van der Waals surface area contributed by atoms with E-state index in [9.17, 15) is 5.26 Å². The summed E-state index contributed by atoms with van der Waals surface area (Å²) in [5.74, 6) is 0.572. The summed E-state index contributed by atoms with van der Waals surface area (Å²) < 4.78 is 5.19. The van der Waals surface area contributed by atoms with Gasteiger partial charge in [-0.15, -0.1) is 0 Å². The van der Waals surface area contributed by atoms with Crippen molar-refractivity contribution in [3.05, 3.63) is 47.4 Å². The van der Waals surface area contributed by atoms with E-state index in [4.69, 9.17) is 4.74 Å². The van der Waals surface area contributed by atoms with E-state index in [1.165, 1.54) is 5.56 Å². The maximum atomic E-state index is 9.38. The van der Waals surface area contributed by atoms with Crippen molar-refractivity contribution in [3.63, 3.8) is 0 Å². The van der Waals surface area contributed by atoms with Gasteiger partial charge >= 0.3 is 0 Å². The number of nitriles is 1. The highest BCUT2D eigenvalue weighted by atomic mass is 16.5. The molecule has 0 saturated carbocycles. The van der Waals surface area contributed by atoms with E-state index < -0.39 is 5.41 Å². The van der Waals surface area contributed by atoms with E-state index in [0.29, 0.717) is 19.0 Å². The highest BCUT2D eigenvalue weighted by Gasteiger charge is 2.44. The lowest BCUT2D eigenvalue weighted by molar-refractivity contribution is -0.0339. The highest BCUT2D eigenvalue weighted by Crippen LogP contribution is 2.31. The molecule has 1 aromatic carbocycles. The lowest BCUT2D eigenvalue weighted by Gasteiger charge is -2.33. The summed E-state index contributed by atoms with van der Waals surface area (Å²) in [6, 6.07) is 12.4. The molecule has 1 saturated heterocycles. The van der Waals surface area contributed by atoms with E-state index in [-0.39, 0.29) is 0 Å². The number of benzene rings is 1. The normalized spacial score (nSPS) is 16.2. The first kappa shape index (κ1) is 12.8. The Morgan fingerprint density at radius 1 is 1.20 bits per heavy atom. The molecule has 1 fully saturated rings. The van der Waals surface area contributed by atoms with Gasteiger partial charge in [-0.25, -0.2) is 9.97 Å². The van der Waals surface area contributed by atoms with Crippen LogP contribution < -0.4 is 0 Å². The van der Waals surface area contributed by atoms with Crippen LogP contribution in [0.2, 0.25) is 0 Å². The average molecular weight is 265 g/mol. The zero-order valence-corrected chi connectivity index (χ0v) is 11.6. The van der Waals surface area contributed by atoms with E-state index in [0.717, 1.165) is 17.0 Å². The molecule has 100 valence electrons. The fraction of sp³-hybridized carbons (Fsp3) is 0.312. The van der Waals surface area contributed by atoms with Crippen molar-refractivity contribution in [3.8, 4) is 17.3 Å². The first-order valence-corrected chi connectivity index (χ1v) is 6.55. The predicted octanol–water partition coefficient (Wildman–Crippen LogP) is 2.55. The minimum Gasteiger partial charge on any atom is -0.377 e. The summed E-state index contributed by atoms with van der Waals surface area (Å²) in [4.78, 5) is 9.03. The third-order valence-electron chi connectivity index (χ3n) is 3.51. The van der Waals surface area contributed by atoms with E-state index >= 15 is 0 Å². The second kappa shape index (κ2) is 4.69. The molecule has 4 nitrogen and oxygen atoms in total. The van der Waals surface area contributed by atoms with Gasteiger partial charge in [-0.05, 0) is 26.0 Å². The maximum Gasteiger partial charge on any atom is 0.163 e. The van der Waals surface area contributed by atoms with Gasteiger partial charge in [0, 0.05) is 11.3 Å². The summed E-state index contributed by atoms with van der Waals surface area (Å²) >= 11 is 0. The molecule has 0 atom stereocenters. The number of hydrogen-bond donors (Lipinski definition) is 0. The lowest BCUT2D eigenvalue weighted by atomic mass is 9.86. The van der Waals surface area contributed by atoms with Gasteiger partial charge in [-0.3, -0.25) is 0 Å². The molecule has 0 N–H and O–H groups in total. The van der Waals surface area contributed by atoms with E-state index in [1.54, 1.807) is 0 Å². The molecule has 20 heavy (non-hydrogen) atoms. The Hall–Kier alpha value is -2.25. The fourth-order valence-corrected chi connectivity index (χ4v) is 2.28. The largest absolute Gasteiger partial charge is 0.377 e. The van der Waals surface area contributed by atoms with Crippen molar-refractivity contribution in [2.75, 3.05) is 13.2 Å². The van der Waals surface area contributed by atoms with Crippen LogP contribution in [0.5, 0.6) is 0 Å². The fourth-order valence-electron chi connectivity index (χ4n) is 2.28. The van der Waals surface area contributed by atoms with Crippen molar-refractivity contribution in [2.45, 2.75) is 19.3 Å². The number of aromatic nitrogens is 2. The zero-order chi connectivity index (χ0) is 14.2. The third-order valence-corrected chi connectivity index (χ3v) is 3.51. The Labute approximate surface area is 118 Å². The van der Waals surface area contributed by atoms with Crippen LogP contribution in [0.3, 0.4) is 0 Å². The summed E-state index contributed by atoms with van der Waals surface area (Å²) in [6.07, 6.45) is 0. The van der Waals surface area contributed by atoms with Gasteiger partial charge < -0.3 is 4.74 Å². The molecule has 4 heteroatoms. The van der Waals surface area contributed by atoms with Crippen LogP contribution in [0.25, 0.3) is 11.3 Å². The molecule has 0 spiro atoms. The van der Waals surface area contributed by atoms with Gasteiger partial charge in [0.2, 0.25) is 0 Å². The average Bonchev–Trinajstić information content (AvgIpc) is 2.37. The summed E-state index contributed by atoms with van der Waals surface area (Å²) in [5, 5.41) is 9.38. The van der Waals surface area contributed by atoms with Crippen LogP contribution in [0.4, 0.5) is 0 Å². The standard InChI is InChI=1S/C16H15N3O/c1-11-4-3-5-13(6-11)14-7-12(2)18-15(19-14)16(8-17)9-20-10-16/h3-7H,9-10H2,1-2H3. The van der Waals surface area contributed by atoms with Crippen molar-refractivity contribution < 1.29 is 4.74 Å². The predicted molar refractivity (Wildman–Crippen MR) is 75.1 cm³/mol. The molecular formula is C16H15N3O. The Balaban J connectivity index is 2.10. The highest BCUT2D eigenvalue weighted by molar-refractivity contribution is 5.60. The van der Waals surface area contributed by atoms with Gasteiger partial charge in [-0.2, -0.15) is 5.26 Å². The monoisotopic (exact) mass is 265 g/mol. The van der Waals surface area contributed by atoms with Crippen molar-refractivity contribution in [1.29, 1.82) is 5.26 Å². The number of hydrogen-bond acceptors (Lipinski definition) is 4. The van der Waals surface area contributed by atoms with Gasteiger partial charge in [0.05, 0.1) is 25.0 Å². The molecule has 1 aromatic heterocycles. The minimum atomic E-state index is -0.676. The molecule has 2 aromatic rings. The molecule has 1 aliphatic heterocycles. The number of rotatable bonds is 2. The van der Waals surface area contributed by atoms with Gasteiger partial charge in [-0.1, -0.05) is 23.8 Å². The number of nitrogens with zero attached hydrogens (tertiary/aromatic N) is 3. The zero-order valence-electron chi connectivity index (χ0n) is 11.6. The van der Waals surface area contributed by atoms with Crippen LogP contribution in [-0.4, -0.2) is 23.2 Å². The molecule has 1 aliphatic rings. The quantitative estimate of drug-likeness (QED) is 0.837. The Bertz CT molecular complexity index is 699. The lowest BCUT2D eigenvalue weighted by Crippen LogP contribution is -2.47. The van der Waals surface area contributed by atoms with Crippen LogP contribution in [0.1, 0.15) is 17.1 Å². The topological polar surface area (TPSA) is 58.8 Å². The molecule has 0 bridgehead atoms. The van der Waals surface area contributed by atoms with Crippen LogP contribution >= 0.6 is 0 Å². The molecule has 0 amide bonds. The summed E-state index contributed by atoms with van der Waals surface area (Å²) in [5.41, 5.74) is 3.28. The van der Waals surface area contributed by atoms with Crippen molar-refractivity contribution in [1.82, 2.24) is 9.97 Å². The molecule has 0 radical (unpaired) electrons. The molecule has 2 heterocycles. The minimum absolute atomic E-state index is 0.375. The molecule has 0 unspecified atom stereocenters.